The highest BCUT2D eigenvalue weighted by atomic mass is 35.5. The number of esters is 1. The first kappa shape index (κ1) is 18.0. The fourth-order valence-electron chi connectivity index (χ4n) is 3.89. The number of benzene rings is 1. The van der Waals surface area contributed by atoms with Crippen molar-refractivity contribution in [2.45, 2.75) is 49.1 Å². The molecular formula is C16H19Cl2NO4S. The molecule has 1 aromatic carbocycles. The molecule has 1 aliphatic carbocycles. The van der Waals surface area contributed by atoms with Gasteiger partial charge in [-0.2, -0.15) is 4.31 Å². The van der Waals surface area contributed by atoms with Crippen LogP contribution >= 0.6 is 23.2 Å². The fraction of sp³-hybridized carbons (Fsp3) is 0.562. The van der Waals surface area contributed by atoms with E-state index in [2.05, 4.69) is 0 Å². The highest BCUT2D eigenvalue weighted by Gasteiger charge is 2.51. The molecule has 8 heteroatoms. The van der Waals surface area contributed by atoms with Crippen molar-refractivity contribution in [2.24, 2.45) is 5.92 Å². The molecule has 1 saturated heterocycles. The first-order valence-corrected chi connectivity index (χ1v) is 10.1. The summed E-state index contributed by atoms with van der Waals surface area (Å²) in [5.41, 5.74) is 0. The number of sulfonamides is 1. The van der Waals surface area contributed by atoms with Crippen molar-refractivity contribution in [2.75, 3.05) is 7.11 Å². The zero-order chi connectivity index (χ0) is 17.5. The molecule has 1 saturated carbocycles. The zero-order valence-electron chi connectivity index (χ0n) is 13.2. The molecule has 132 valence electrons. The molecule has 24 heavy (non-hydrogen) atoms. The third kappa shape index (κ3) is 3.05. The van der Waals surface area contributed by atoms with Crippen LogP contribution < -0.4 is 0 Å². The summed E-state index contributed by atoms with van der Waals surface area (Å²) in [6.07, 6.45) is 4.17. The summed E-state index contributed by atoms with van der Waals surface area (Å²) in [5.74, 6) is -0.346. The van der Waals surface area contributed by atoms with E-state index in [-0.39, 0.29) is 26.9 Å². The second-order valence-corrected chi connectivity index (χ2v) is 8.95. The van der Waals surface area contributed by atoms with E-state index in [9.17, 15) is 13.2 Å². The standard InChI is InChI=1S/C16H19Cl2NO4S/c1-23-16(20)14-8-10-4-2-3-5-13(10)19(14)24(21,22)15-9-11(17)6-7-12(15)18/h6-7,9-10,13-14H,2-5,8H2,1H3. The maximum absolute atomic E-state index is 13.3. The summed E-state index contributed by atoms with van der Waals surface area (Å²) in [4.78, 5) is 12.2. The summed E-state index contributed by atoms with van der Waals surface area (Å²) >= 11 is 12.1. The smallest absolute Gasteiger partial charge is 0.324 e. The highest BCUT2D eigenvalue weighted by Crippen LogP contribution is 2.44. The maximum Gasteiger partial charge on any atom is 0.324 e. The zero-order valence-corrected chi connectivity index (χ0v) is 15.6. The Labute approximate surface area is 151 Å². The van der Waals surface area contributed by atoms with Crippen molar-refractivity contribution < 1.29 is 17.9 Å². The summed E-state index contributed by atoms with van der Waals surface area (Å²) in [6.45, 7) is 0. The SMILES string of the molecule is COC(=O)C1CC2CCCCC2N1S(=O)(=O)c1cc(Cl)ccc1Cl. The third-order valence-corrected chi connectivity index (χ3v) is 7.60. The molecule has 0 spiro atoms. The molecule has 3 unspecified atom stereocenters. The van der Waals surface area contributed by atoms with E-state index in [1.165, 1.54) is 29.6 Å². The Balaban J connectivity index is 2.08. The van der Waals surface area contributed by atoms with Crippen molar-refractivity contribution in [1.29, 1.82) is 0 Å². The van der Waals surface area contributed by atoms with E-state index in [1.54, 1.807) is 0 Å². The topological polar surface area (TPSA) is 63.7 Å². The van der Waals surface area contributed by atoms with Crippen molar-refractivity contribution in [3.8, 4) is 0 Å². The Morgan fingerprint density at radius 2 is 1.96 bits per heavy atom. The van der Waals surface area contributed by atoms with Gasteiger partial charge in [-0.3, -0.25) is 4.79 Å². The quantitative estimate of drug-likeness (QED) is 0.739. The van der Waals surface area contributed by atoms with Crippen LogP contribution in [-0.4, -0.2) is 37.9 Å². The second-order valence-electron chi connectivity index (χ2n) is 6.30. The lowest BCUT2D eigenvalue weighted by atomic mass is 9.85. The van der Waals surface area contributed by atoms with Crippen molar-refractivity contribution in [1.82, 2.24) is 4.31 Å². The number of rotatable bonds is 3. The fourth-order valence-corrected chi connectivity index (χ4v) is 6.50. The van der Waals surface area contributed by atoms with Gasteiger partial charge in [-0.15, -0.1) is 0 Å². The Bertz CT molecular complexity index is 752. The first-order valence-electron chi connectivity index (χ1n) is 7.92. The summed E-state index contributed by atoms with van der Waals surface area (Å²) in [6, 6.07) is 3.34. The van der Waals surface area contributed by atoms with Crippen molar-refractivity contribution in [3.63, 3.8) is 0 Å². The molecule has 0 aromatic heterocycles. The molecule has 0 bridgehead atoms. The van der Waals surface area contributed by atoms with Crippen LogP contribution in [0.3, 0.4) is 0 Å². The Hall–Kier alpha value is -0.820. The average Bonchev–Trinajstić information content (AvgIpc) is 2.96. The van der Waals surface area contributed by atoms with Crippen LogP contribution in [0.25, 0.3) is 0 Å². The van der Waals surface area contributed by atoms with E-state index in [1.807, 2.05) is 0 Å². The molecule has 1 heterocycles. The van der Waals surface area contributed by atoms with E-state index in [4.69, 9.17) is 27.9 Å². The molecule has 1 aliphatic heterocycles. The Morgan fingerprint density at radius 1 is 1.25 bits per heavy atom. The number of hydrogen-bond donors (Lipinski definition) is 0. The van der Waals surface area contributed by atoms with Crippen LogP contribution in [0.5, 0.6) is 0 Å². The minimum absolute atomic E-state index is 0.0585. The van der Waals surface area contributed by atoms with Crippen LogP contribution in [0.15, 0.2) is 23.1 Å². The molecule has 3 rings (SSSR count). The van der Waals surface area contributed by atoms with Gasteiger partial charge in [0.25, 0.3) is 0 Å². The van der Waals surface area contributed by atoms with Gasteiger partial charge in [0.05, 0.1) is 12.1 Å². The summed E-state index contributed by atoms with van der Waals surface area (Å²) < 4.78 is 32.7. The van der Waals surface area contributed by atoms with Gasteiger partial charge in [0, 0.05) is 11.1 Å². The van der Waals surface area contributed by atoms with Crippen LogP contribution in [-0.2, 0) is 19.6 Å². The molecule has 2 aliphatic rings. The summed E-state index contributed by atoms with van der Waals surface area (Å²) in [7, 11) is -2.67. The van der Waals surface area contributed by atoms with E-state index >= 15 is 0 Å². The van der Waals surface area contributed by atoms with Gasteiger partial charge in [-0.25, -0.2) is 8.42 Å². The molecule has 3 atom stereocenters. The molecule has 0 radical (unpaired) electrons. The number of carbonyl (C=O) groups excluding carboxylic acids is 1. The van der Waals surface area contributed by atoms with E-state index < -0.39 is 22.0 Å². The second kappa shape index (κ2) is 6.83. The highest BCUT2D eigenvalue weighted by molar-refractivity contribution is 7.89. The van der Waals surface area contributed by atoms with Crippen molar-refractivity contribution >= 4 is 39.2 Å². The molecule has 2 fully saturated rings. The van der Waals surface area contributed by atoms with Gasteiger partial charge < -0.3 is 4.74 Å². The maximum atomic E-state index is 13.3. The van der Waals surface area contributed by atoms with E-state index in [0.717, 1.165) is 25.7 Å². The number of ether oxygens (including phenoxy) is 1. The van der Waals surface area contributed by atoms with Gasteiger partial charge >= 0.3 is 5.97 Å². The number of carbonyl (C=O) groups is 1. The Morgan fingerprint density at radius 3 is 2.67 bits per heavy atom. The van der Waals surface area contributed by atoms with Gasteiger partial charge in [-0.05, 0) is 43.4 Å². The largest absolute Gasteiger partial charge is 0.468 e. The number of halogens is 2. The van der Waals surface area contributed by atoms with Crippen LogP contribution in [0.2, 0.25) is 10.0 Å². The van der Waals surface area contributed by atoms with Gasteiger partial charge in [0.15, 0.2) is 0 Å². The lowest BCUT2D eigenvalue weighted by molar-refractivity contribution is -0.144. The summed E-state index contributed by atoms with van der Waals surface area (Å²) in [5, 5.41) is 0.384. The third-order valence-electron chi connectivity index (χ3n) is 4.95. The first-order chi connectivity index (χ1) is 11.4. The predicted octanol–water partition coefficient (Wildman–Crippen LogP) is 3.49. The minimum Gasteiger partial charge on any atom is -0.468 e. The number of nitrogens with zero attached hydrogens (tertiary/aromatic N) is 1. The number of hydrogen-bond acceptors (Lipinski definition) is 4. The lowest BCUT2D eigenvalue weighted by Gasteiger charge is -2.32. The van der Waals surface area contributed by atoms with Gasteiger partial charge in [-0.1, -0.05) is 36.0 Å². The number of methoxy groups -OCH3 is 1. The van der Waals surface area contributed by atoms with Crippen LogP contribution in [0.1, 0.15) is 32.1 Å². The monoisotopic (exact) mass is 391 g/mol. The average molecular weight is 392 g/mol. The molecule has 1 aromatic rings. The minimum atomic E-state index is -3.95. The molecular weight excluding hydrogens is 373 g/mol. The van der Waals surface area contributed by atoms with Gasteiger partial charge in [0.2, 0.25) is 10.0 Å². The molecule has 0 amide bonds. The van der Waals surface area contributed by atoms with Crippen molar-refractivity contribution in [3.05, 3.63) is 28.2 Å². The lowest BCUT2D eigenvalue weighted by Crippen LogP contribution is -2.46. The van der Waals surface area contributed by atoms with Gasteiger partial charge in [0.1, 0.15) is 10.9 Å². The molecule has 5 nitrogen and oxygen atoms in total. The van der Waals surface area contributed by atoms with Crippen LogP contribution in [0.4, 0.5) is 0 Å². The Kier molecular flexibility index (Phi) is 5.12. The number of fused-ring (bicyclic) bond motifs is 1. The van der Waals surface area contributed by atoms with E-state index in [0.29, 0.717) is 6.42 Å². The molecule has 0 N–H and O–H groups in total. The predicted molar refractivity (Wildman–Crippen MR) is 91.7 cm³/mol. The normalized spacial score (nSPS) is 27.7. The van der Waals surface area contributed by atoms with Crippen LogP contribution in [0, 0.1) is 5.92 Å².